The van der Waals surface area contributed by atoms with Gasteiger partial charge in [0.1, 0.15) is 11.6 Å². The Morgan fingerprint density at radius 1 is 1.26 bits per heavy atom. The lowest BCUT2D eigenvalue weighted by Gasteiger charge is -2.32. The zero-order valence-corrected chi connectivity index (χ0v) is 21.9. The highest BCUT2D eigenvalue weighted by Gasteiger charge is 2.21. The number of nitrogens with one attached hydrogen (secondary N) is 2. The summed E-state index contributed by atoms with van der Waals surface area (Å²) in [4.78, 5) is 24.2. The monoisotopic (exact) mass is 533 g/mol. The number of halogens is 2. The number of amides is 1. The topological polar surface area (TPSA) is 79.4 Å². The lowest BCUT2D eigenvalue weighted by Crippen LogP contribution is -2.43. The van der Waals surface area contributed by atoms with Crippen LogP contribution in [-0.2, 0) is 17.8 Å². The number of carbonyl (C=O) groups excluding carboxylic acids is 1. The highest BCUT2D eigenvalue weighted by atomic mass is 35.5. The number of piperidine rings is 1. The second-order valence-electron chi connectivity index (χ2n) is 8.70. The van der Waals surface area contributed by atoms with E-state index in [1.165, 1.54) is 11.8 Å². The molecule has 1 saturated heterocycles. The number of rotatable bonds is 7. The highest BCUT2D eigenvalue weighted by Crippen LogP contribution is 2.30. The zero-order chi connectivity index (χ0) is 23.5. The van der Waals surface area contributed by atoms with E-state index >= 15 is 0 Å². The molecule has 4 heterocycles. The van der Waals surface area contributed by atoms with Crippen LogP contribution < -0.4 is 15.4 Å². The molecule has 0 unspecified atom stereocenters. The lowest BCUT2D eigenvalue weighted by atomic mass is 10.0. The van der Waals surface area contributed by atoms with Gasteiger partial charge in [-0.15, -0.1) is 24.2 Å². The van der Waals surface area contributed by atoms with Gasteiger partial charge in [-0.25, -0.2) is 4.98 Å². The molecule has 0 radical (unpaired) electrons. The molecular formula is C25H29Cl2N5O2S. The van der Waals surface area contributed by atoms with Gasteiger partial charge in [0.25, 0.3) is 0 Å². The third-order valence-corrected chi connectivity index (χ3v) is 7.88. The van der Waals surface area contributed by atoms with Crippen molar-refractivity contribution >= 4 is 58.4 Å². The minimum atomic E-state index is 0. The molecule has 0 spiro atoms. The van der Waals surface area contributed by atoms with Gasteiger partial charge in [0.15, 0.2) is 0 Å². The first-order valence-corrected chi connectivity index (χ1v) is 12.9. The fourth-order valence-electron chi connectivity index (χ4n) is 4.57. The SMILES string of the molecule is COc1ccc2ncc(Cl)c(CCN3CCC(NCc4ccc5c(n4)NC(=O)CS5)CC3)c2c1.Cl. The molecule has 2 N–H and O–H groups in total. The number of methoxy groups -OCH3 is 1. The fourth-order valence-corrected chi connectivity index (χ4v) is 5.57. The Bertz CT molecular complexity index is 1200. The number of pyridine rings is 2. The van der Waals surface area contributed by atoms with E-state index in [1.54, 1.807) is 13.3 Å². The molecule has 0 atom stereocenters. The number of carbonyl (C=O) groups is 1. The third kappa shape index (κ3) is 6.19. The van der Waals surface area contributed by atoms with Gasteiger partial charge in [-0.1, -0.05) is 11.6 Å². The minimum absolute atomic E-state index is 0. The second kappa shape index (κ2) is 11.8. The Morgan fingerprint density at radius 3 is 2.89 bits per heavy atom. The highest BCUT2D eigenvalue weighted by molar-refractivity contribution is 8.00. The number of thioether (sulfide) groups is 1. The normalized spacial score (nSPS) is 16.5. The van der Waals surface area contributed by atoms with E-state index in [1.807, 2.05) is 24.3 Å². The number of likely N-dealkylation sites (tertiary alicyclic amines) is 1. The quantitative estimate of drug-likeness (QED) is 0.460. The Morgan fingerprint density at radius 2 is 2.09 bits per heavy atom. The standard InChI is InChI=1S/C25H28ClN5O2S.ClH/c1-33-18-3-4-22-20(12-18)19(21(26)14-28-22)8-11-31-9-6-16(7-10-31)27-13-17-2-5-23-25(29-17)30-24(32)15-34-23;/h2-5,12,14,16,27H,6-11,13,15H2,1H3,(H,29,30,32);1H. The molecule has 35 heavy (non-hydrogen) atoms. The number of benzene rings is 1. The van der Waals surface area contributed by atoms with Crippen molar-refractivity contribution in [3.05, 3.63) is 52.8 Å². The first-order chi connectivity index (χ1) is 16.6. The van der Waals surface area contributed by atoms with Crippen LogP contribution in [0.2, 0.25) is 5.02 Å². The molecule has 2 aliphatic rings. The maximum atomic E-state index is 11.6. The predicted molar refractivity (Wildman–Crippen MR) is 144 cm³/mol. The zero-order valence-electron chi connectivity index (χ0n) is 19.6. The van der Waals surface area contributed by atoms with Crippen LogP contribution in [0.15, 0.2) is 41.4 Å². The van der Waals surface area contributed by atoms with Crippen molar-refractivity contribution in [3.8, 4) is 5.75 Å². The van der Waals surface area contributed by atoms with Crippen molar-refractivity contribution in [2.75, 3.05) is 37.8 Å². The van der Waals surface area contributed by atoms with Crippen LogP contribution in [-0.4, -0.2) is 59.3 Å². The van der Waals surface area contributed by atoms with Gasteiger partial charge in [-0.3, -0.25) is 9.78 Å². The third-order valence-electron chi connectivity index (χ3n) is 6.50. The van der Waals surface area contributed by atoms with Gasteiger partial charge in [0.2, 0.25) is 5.91 Å². The average Bonchev–Trinajstić information content (AvgIpc) is 2.87. The van der Waals surface area contributed by atoms with E-state index < -0.39 is 0 Å². The van der Waals surface area contributed by atoms with E-state index in [2.05, 4.69) is 31.6 Å². The molecule has 0 aliphatic carbocycles. The molecule has 3 aromatic rings. The van der Waals surface area contributed by atoms with Crippen molar-refractivity contribution < 1.29 is 9.53 Å². The molecule has 1 amide bonds. The van der Waals surface area contributed by atoms with E-state index in [-0.39, 0.29) is 18.3 Å². The second-order valence-corrected chi connectivity index (χ2v) is 10.1. The summed E-state index contributed by atoms with van der Waals surface area (Å²) in [6, 6.07) is 10.5. The number of hydrogen-bond donors (Lipinski definition) is 2. The molecule has 1 aromatic carbocycles. The molecule has 1 fully saturated rings. The molecule has 7 nitrogen and oxygen atoms in total. The van der Waals surface area contributed by atoms with Gasteiger partial charge in [0.05, 0.1) is 34.0 Å². The van der Waals surface area contributed by atoms with Crippen LogP contribution in [0.25, 0.3) is 10.9 Å². The Balaban J connectivity index is 0.00000289. The summed E-state index contributed by atoms with van der Waals surface area (Å²) < 4.78 is 5.40. The Hall–Kier alpha value is -2.10. The molecule has 2 aromatic heterocycles. The summed E-state index contributed by atoms with van der Waals surface area (Å²) in [6.45, 7) is 3.77. The Labute approximate surface area is 220 Å². The predicted octanol–water partition coefficient (Wildman–Crippen LogP) is 4.55. The molecule has 5 rings (SSSR count). The van der Waals surface area contributed by atoms with Gasteiger partial charge in [-0.05, 0) is 68.2 Å². The number of nitrogens with zero attached hydrogens (tertiary/aromatic N) is 3. The molecule has 10 heteroatoms. The van der Waals surface area contributed by atoms with Crippen LogP contribution in [0.1, 0.15) is 24.1 Å². The maximum Gasteiger partial charge on any atom is 0.235 e. The van der Waals surface area contributed by atoms with Crippen molar-refractivity contribution in [2.24, 2.45) is 0 Å². The van der Waals surface area contributed by atoms with Gasteiger partial charge < -0.3 is 20.3 Å². The van der Waals surface area contributed by atoms with E-state index in [4.69, 9.17) is 16.3 Å². The lowest BCUT2D eigenvalue weighted by molar-refractivity contribution is -0.113. The number of hydrogen-bond acceptors (Lipinski definition) is 7. The number of ether oxygens (including phenoxy) is 1. The molecular weight excluding hydrogens is 505 g/mol. The molecule has 0 bridgehead atoms. The van der Waals surface area contributed by atoms with E-state index in [9.17, 15) is 4.79 Å². The van der Waals surface area contributed by atoms with Gasteiger partial charge in [-0.2, -0.15) is 0 Å². The van der Waals surface area contributed by atoms with E-state index in [0.29, 0.717) is 29.2 Å². The summed E-state index contributed by atoms with van der Waals surface area (Å²) in [7, 11) is 1.68. The molecule has 0 saturated carbocycles. The first kappa shape index (κ1) is 26.0. The van der Waals surface area contributed by atoms with Crippen LogP contribution in [0, 0.1) is 0 Å². The van der Waals surface area contributed by atoms with E-state index in [0.717, 1.165) is 71.7 Å². The van der Waals surface area contributed by atoms with Crippen LogP contribution in [0.4, 0.5) is 5.82 Å². The minimum Gasteiger partial charge on any atom is -0.497 e. The average molecular weight is 535 g/mol. The summed E-state index contributed by atoms with van der Waals surface area (Å²) in [6.07, 6.45) is 4.82. The number of anilines is 1. The van der Waals surface area contributed by atoms with Crippen LogP contribution in [0.3, 0.4) is 0 Å². The van der Waals surface area contributed by atoms with Crippen molar-refractivity contribution in [1.29, 1.82) is 0 Å². The van der Waals surface area contributed by atoms with Gasteiger partial charge in [0, 0.05) is 30.7 Å². The molecule has 186 valence electrons. The van der Waals surface area contributed by atoms with Crippen LogP contribution >= 0.6 is 35.8 Å². The maximum absolute atomic E-state index is 11.6. The smallest absolute Gasteiger partial charge is 0.235 e. The summed E-state index contributed by atoms with van der Waals surface area (Å²) in [5.74, 6) is 1.99. The van der Waals surface area contributed by atoms with Crippen molar-refractivity contribution in [1.82, 2.24) is 20.2 Å². The van der Waals surface area contributed by atoms with Gasteiger partial charge >= 0.3 is 0 Å². The largest absolute Gasteiger partial charge is 0.497 e. The Kier molecular flexibility index (Phi) is 8.73. The van der Waals surface area contributed by atoms with Crippen LogP contribution in [0.5, 0.6) is 5.75 Å². The van der Waals surface area contributed by atoms with Crippen molar-refractivity contribution in [2.45, 2.75) is 36.7 Å². The summed E-state index contributed by atoms with van der Waals surface area (Å²) >= 11 is 8.07. The number of aromatic nitrogens is 2. The number of fused-ring (bicyclic) bond motifs is 2. The first-order valence-electron chi connectivity index (χ1n) is 11.6. The summed E-state index contributed by atoms with van der Waals surface area (Å²) in [5, 5.41) is 8.29. The van der Waals surface area contributed by atoms with Crippen molar-refractivity contribution in [3.63, 3.8) is 0 Å². The fraction of sp³-hybridized carbons (Fsp3) is 0.400. The molecule has 2 aliphatic heterocycles. The summed E-state index contributed by atoms with van der Waals surface area (Å²) in [5.41, 5.74) is 3.03.